The summed E-state index contributed by atoms with van der Waals surface area (Å²) >= 11 is 0. The molecule has 2 atom stereocenters. The molecule has 1 aliphatic carbocycles. The van der Waals surface area contributed by atoms with Crippen molar-refractivity contribution in [3.63, 3.8) is 0 Å². The number of carboxylic acids is 1. The van der Waals surface area contributed by atoms with Crippen LogP contribution in [0.1, 0.15) is 65.5 Å². The Bertz CT molecular complexity index is 735. The molecule has 0 spiro atoms. The molecule has 1 saturated carbocycles. The van der Waals surface area contributed by atoms with Crippen molar-refractivity contribution in [2.24, 2.45) is 5.92 Å². The van der Waals surface area contributed by atoms with Gasteiger partial charge in [0.05, 0.1) is 11.6 Å². The van der Waals surface area contributed by atoms with E-state index in [9.17, 15) is 9.90 Å². The fourth-order valence-electron chi connectivity index (χ4n) is 4.51. The van der Waals surface area contributed by atoms with E-state index in [-0.39, 0.29) is 6.04 Å². The lowest BCUT2D eigenvalue weighted by molar-refractivity contribution is 0.0697. The van der Waals surface area contributed by atoms with Gasteiger partial charge in [-0.15, -0.1) is 0 Å². The fraction of sp³-hybridized carbons (Fsp3) is 0.381. The summed E-state index contributed by atoms with van der Waals surface area (Å²) in [4.78, 5) is 11.3. The summed E-state index contributed by atoms with van der Waals surface area (Å²) in [5, 5.41) is 12.9. The van der Waals surface area contributed by atoms with Crippen LogP contribution in [0.3, 0.4) is 0 Å². The SMILES string of the molecule is O=C(O)c1ccc2c(c1)NC(c1ccccc1)C2C1CCCCC1. The van der Waals surface area contributed by atoms with Crippen LogP contribution >= 0.6 is 0 Å². The van der Waals surface area contributed by atoms with Gasteiger partial charge in [-0.3, -0.25) is 0 Å². The standard InChI is InChI=1S/C21H23NO2/c23-21(24)16-11-12-17-18(13-16)22-20(15-9-5-2-6-10-15)19(17)14-7-3-1-4-8-14/h2,5-6,9-14,19-20,22H,1,3-4,7-8H2,(H,23,24). The second kappa shape index (κ2) is 6.31. The largest absolute Gasteiger partial charge is 0.478 e. The van der Waals surface area contributed by atoms with Crippen molar-refractivity contribution in [1.82, 2.24) is 0 Å². The lowest BCUT2D eigenvalue weighted by atomic mass is 9.73. The molecule has 24 heavy (non-hydrogen) atoms. The smallest absolute Gasteiger partial charge is 0.335 e. The number of fused-ring (bicyclic) bond motifs is 1. The first-order chi connectivity index (χ1) is 11.7. The number of benzene rings is 2. The van der Waals surface area contributed by atoms with Crippen molar-refractivity contribution in [2.75, 3.05) is 5.32 Å². The molecule has 1 aliphatic heterocycles. The van der Waals surface area contributed by atoms with Gasteiger partial charge in [0.25, 0.3) is 0 Å². The third-order valence-electron chi connectivity index (χ3n) is 5.65. The van der Waals surface area contributed by atoms with Gasteiger partial charge in [-0.05, 0) is 42.0 Å². The quantitative estimate of drug-likeness (QED) is 0.815. The molecule has 4 rings (SSSR count). The number of rotatable bonds is 3. The van der Waals surface area contributed by atoms with Gasteiger partial charge in [-0.2, -0.15) is 0 Å². The predicted molar refractivity (Wildman–Crippen MR) is 95.5 cm³/mol. The zero-order valence-corrected chi connectivity index (χ0v) is 13.7. The fourth-order valence-corrected chi connectivity index (χ4v) is 4.51. The third kappa shape index (κ3) is 2.68. The highest BCUT2D eigenvalue weighted by Crippen LogP contribution is 2.51. The van der Waals surface area contributed by atoms with Gasteiger partial charge in [-0.25, -0.2) is 4.79 Å². The molecule has 1 fully saturated rings. The molecular weight excluding hydrogens is 298 g/mol. The van der Waals surface area contributed by atoms with E-state index in [0.29, 0.717) is 17.4 Å². The van der Waals surface area contributed by atoms with Crippen LogP contribution in [-0.2, 0) is 0 Å². The van der Waals surface area contributed by atoms with Crippen LogP contribution in [0.25, 0.3) is 0 Å². The average molecular weight is 321 g/mol. The van der Waals surface area contributed by atoms with Gasteiger partial charge in [-0.1, -0.05) is 55.7 Å². The molecule has 0 aromatic heterocycles. The van der Waals surface area contributed by atoms with Gasteiger partial charge in [0.1, 0.15) is 0 Å². The van der Waals surface area contributed by atoms with Crippen molar-refractivity contribution in [3.8, 4) is 0 Å². The summed E-state index contributed by atoms with van der Waals surface area (Å²) in [5.41, 5.74) is 3.94. The van der Waals surface area contributed by atoms with Crippen LogP contribution in [0.4, 0.5) is 5.69 Å². The second-order valence-electron chi connectivity index (χ2n) is 7.06. The minimum atomic E-state index is -0.864. The molecule has 0 bridgehead atoms. The molecule has 0 saturated heterocycles. The molecule has 3 nitrogen and oxygen atoms in total. The van der Waals surface area contributed by atoms with Gasteiger partial charge < -0.3 is 10.4 Å². The first kappa shape index (κ1) is 15.3. The highest BCUT2D eigenvalue weighted by Gasteiger charge is 2.39. The van der Waals surface area contributed by atoms with Crippen LogP contribution in [0.15, 0.2) is 48.5 Å². The van der Waals surface area contributed by atoms with Crippen molar-refractivity contribution < 1.29 is 9.90 Å². The topological polar surface area (TPSA) is 49.3 Å². The Morgan fingerprint density at radius 1 is 1.00 bits per heavy atom. The third-order valence-corrected chi connectivity index (χ3v) is 5.65. The maximum atomic E-state index is 11.3. The maximum absolute atomic E-state index is 11.3. The summed E-state index contributed by atoms with van der Waals surface area (Å²) in [6.45, 7) is 0. The van der Waals surface area contributed by atoms with Gasteiger partial charge >= 0.3 is 5.97 Å². The number of carboxylic acid groups (broad SMARTS) is 1. The number of carbonyl (C=O) groups is 1. The Labute approximate surface area is 142 Å². The molecule has 2 aliphatic rings. The van der Waals surface area contributed by atoms with Gasteiger partial charge in [0, 0.05) is 11.6 Å². The normalized spacial score (nSPS) is 23.5. The molecule has 2 unspecified atom stereocenters. The summed E-state index contributed by atoms with van der Waals surface area (Å²) in [7, 11) is 0. The monoisotopic (exact) mass is 321 g/mol. The van der Waals surface area contributed by atoms with E-state index < -0.39 is 5.97 Å². The van der Waals surface area contributed by atoms with Crippen LogP contribution in [0, 0.1) is 5.92 Å². The van der Waals surface area contributed by atoms with Crippen molar-refractivity contribution in [2.45, 2.75) is 44.1 Å². The van der Waals surface area contributed by atoms with Crippen molar-refractivity contribution >= 4 is 11.7 Å². The highest BCUT2D eigenvalue weighted by molar-refractivity contribution is 5.89. The minimum Gasteiger partial charge on any atom is -0.478 e. The van der Waals surface area contributed by atoms with E-state index in [1.165, 1.54) is 43.2 Å². The van der Waals surface area contributed by atoms with Crippen LogP contribution in [0.5, 0.6) is 0 Å². The minimum absolute atomic E-state index is 0.244. The molecule has 0 radical (unpaired) electrons. The first-order valence-electron chi connectivity index (χ1n) is 8.93. The van der Waals surface area contributed by atoms with E-state index in [0.717, 1.165) is 5.69 Å². The molecule has 1 heterocycles. The molecule has 0 amide bonds. The molecule has 3 heteroatoms. The van der Waals surface area contributed by atoms with Gasteiger partial charge in [0.2, 0.25) is 0 Å². The van der Waals surface area contributed by atoms with Crippen molar-refractivity contribution in [3.05, 3.63) is 65.2 Å². The maximum Gasteiger partial charge on any atom is 0.335 e. The van der Waals surface area contributed by atoms with Crippen LogP contribution in [-0.4, -0.2) is 11.1 Å². The van der Waals surface area contributed by atoms with Gasteiger partial charge in [0.15, 0.2) is 0 Å². The molecule has 2 aromatic rings. The summed E-state index contributed by atoms with van der Waals surface area (Å²) < 4.78 is 0. The summed E-state index contributed by atoms with van der Waals surface area (Å²) in [6.07, 6.45) is 6.51. The number of hydrogen-bond donors (Lipinski definition) is 2. The second-order valence-corrected chi connectivity index (χ2v) is 7.06. The van der Waals surface area contributed by atoms with Crippen LogP contribution < -0.4 is 5.32 Å². The molecule has 124 valence electrons. The number of aromatic carboxylic acids is 1. The highest BCUT2D eigenvalue weighted by atomic mass is 16.4. The average Bonchev–Trinajstić information content (AvgIpc) is 3.01. The van der Waals surface area contributed by atoms with E-state index in [2.05, 4.69) is 29.6 Å². The predicted octanol–water partition coefficient (Wildman–Crippen LogP) is 5.22. The summed E-state index contributed by atoms with van der Waals surface area (Å²) in [5.74, 6) is 0.246. The van der Waals surface area contributed by atoms with E-state index in [1.807, 2.05) is 12.1 Å². The number of hydrogen-bond acceptors (Lipinski definition) is 2. The molecular formula is C21H23NO2. The summed E-state index contributed by atoms with van der Waals surface area (Å²) in [6, 6.07) is 16.4. The Morgan fingerprint density at radius 3 is 2.46 bits per heavy atom. The Hall–Kier alpha value is -2.29. The zero-order chi connectivity index (χ0) is 16.5. The zero-order valence-electron chi connectivity index (χ0n) is 13.7. The number of anilines is 1. The lowest BCUT2D eigenvalue weighted by Gasteiger charge is -2.32. The molecule has 2 N–H and O–H groups in total. The Morgan fingerprint density at radius 2 is 1.75 bits per heavy atom. The van der Waals surface area contributed by atoms with E-state index in [1.54, 1.807) is 12.1 Å². The van der Waals surface area contributed by atoms with E-state index in [4.69, 9.17) is 0 Å². The Kier molecular flexibility index (Phi) is 4.01. The number of nitrogens with one attached hydrogen (secondary N) is 1. The Balaban J connectivity index is 1.75. The van der Waals surface area contributed by atoms with E-state index >= 15 is 0 Å². The van der Waals surface area contributed by atoms with Crippen molar-refractivity contribution in [1.29, 1.82) is 0 Å². The first-order valence-corrected chi connectivity index (χ1v) is 8.93. The molecule has 2 aromatic carbocycles. The lowest BCUT2D eigenvalue weighted by Crippen LogP contribution is -2.21. The van der Waals surface area contributed by atoms with Crippen LogP contribution in [0.2, 0.25) is 0 Å².